The predicted octanol–water partition coefficient (Wildman–Crippen LogP) is 6.97. The minimum absolute atomic E-state index is 0.0348. The van der Waals surface area contributed by atoms with Gasteiger partial charge in [0.2, 0.25) is 5.91 Å². The van der Waals surface area contributed by atoms with E-state index in [0.717, 1.165) is 24.0 Å². The lowest BCUT2D eigenvalue weighted by Gasteiger charge is -2.33. The maximum absolute atomic E-state index is 14.3. The van der Waals surface area contributed by atoms with Crippen LogP contribution in [0.5, 0.6) is 11.5 Å². The summed E-state index contributed by atoms with van der Waals surface area (Å²) in [5.41, 5.74) is 3.24. The molecule has 2 amide bonds. The molecule has 5 rings (SSSR count). The van der Waals surface area contributed by atoms with Crippen LogP contribution < -0.4 is 20.1 Å². The lowest BCUT2D eigenvalue weighted by molar-refractivity contribution is -0.153. The van der Waals surface area contributed by atoms with Crippen molar-refractivity contribution < 1.29 is 37.3 Å². The highest BCUT2D eigenvalue weighted by Crippen LogP contribution is 2.36. The fourth-order valence-electron chi connectivity index (χ4n) is 5.62. The molecule has 1 aliphatic carbocycles. The van der Waals surface area contributed by atoms with Crippen LogP contribution in [0.3, 0.4) is 0 Å². The van der Waals surface area contributed by atoms with E-state index in [4.69, 9.17) is 44.3 Å². The number of nitrogens with one attached hydrogen (secondary N) is 2. The van der Waals surface area contributed by atoms with Crippen LogP contribution in [0.4, 0.5) is 13.2 Å². The number of halogens is 6. The van der Waals surface area contributed by atoms with Crippen molar-refractivity contribution in [2.75, 3.05) is 26.4 Å². The maximum Gasteiger partial charge on any atom is 0.397 e. The van der Waals surface area contributed by atoms with Gasteiger partial charge in [0.25, 0.3) is 5.91 Å². The first-order valence-electron chi connectivity index (χ1n) is 15.7. The smallest absolute Gasteiger partial charge is 0.397 e. The highest BCUT2D eigenvalue weighted by atomic mass is 35.5. The Morgan fingerprint density at radius 3 is 2.31 bits per heavy atom. The maximum atomic E-state index is 14.3. The summed E-state index contributed by atoms with van der Waals surface area (Å²) in [4.78, 5) is 27.8. The average Bonchev–Trinajstić information content (AvgIpc) is 3.91. The molecule has 0 spiro atoms. The summed E-state index contributed by atoms with van der Waals surface area (Å²) >= 11 is 18.8. The van der Waals surface area contributed by atoms with Gasteiger partial charge in [0, 0.05) is 29.7 Å². The summed E-state index contributed by atoms with van der Waals surface area (Å²) in [5.74, 6) is -0.380. The zero-order valence-electron chi connectivity index (χ0n) is 26.3. The number of benzene rings is 3. The Hall–Kier alpha value is -3.48. The zero-order valence-corrected chi connectivity index (χ0v) is 28.6. The van der Waals surface area contributed by atoms with Crippen LogP contribution in [0.15, 0.2) is 66.2 Å². The summed E-state index contributed by atoms with van der Waals surface area (Å²) in [7, 11) is 0. The molecule has 0 aromatic heterocycles. The second-order valence-corrected chi connectivity index (χ2v) is 13.0. The monoisotopic (exact) mass is 739 g/mol. The van der Waals surface area contributed by atoms with Gasteiger partial charge in [0.15, 0.2) is 5.75 Å². The fraction of sp³-hybridized carbons (Fsp3) is 0.371. The lowest BCUT2D eigenvalue weighted by atomic mass is 9.88. The van der Waals surface area contributed by atoms with Gasteiger partial charge in [-0.1, -0.05) is 65.1 Å². The van der Waals surface area contributed by atoms with Crippen LogP contribution in [-0.2, 0) is 22.7 Å². The van der Waals surface area contributed by atoms with E-state index in [-0.39, 0.29) is 44.9 Å². The molecule has 1 saturated carbocycles. The number of carbonyl (C=O) groups excluding carboxylic acids is 2. The molecular weight excluding hydrogens is 706 g/mol. The molecule has 1 atom stereocenters. The molecule has 2 aliphatic rings. The van der Waals surface area contributed by atoms with Crippen LogP contribution in [0, 0.1) is 0 Å². The van der Waals surface area contributed by atoms with E-state index in [1.807, 2.05) is 12.1 Å². The predicted molar refractivity (Wildman–Crippen MR) is 182 cm³/mol. The number of rotatable bonds is 14. The highest BCUT2D eigenvalue weighted by molar-refractivity contribution is 6.37. The van der Waals surface area contributed by atoms with Gasteiger partial charge < -0.3 is 30.1 Å². The van der Waals surface area contributed by atoms with Crippen molar-refractivity contribution in [1.29, 1.82) is 0 Å². The molecule has 1 unspecified atom stereocenters. The van der Waals surface area contributed by atoms with Gasteiger partial charge in [0.1, 0.15) is 25.4 Å². The van der Waals surface area contributed by atoms with Crippen molar-refractivity contribution in [3.05, 3.63) is 98.0 Å². The zero-order chi connectivity index (χ0) is 35.1. The minimum atomic E-state index is -4.60. The number of nitrogens with zero attached hydrogens (tertiary/aromatic N) is 1. The quantitative estimate of drug-likeness (QED) is 0.155. The second-order valence-electron chi connectivity index (χ2n) is 11.8. The largest absolute Gasteiger partial charge is 0.490 e. The first-order valence-corrected chi connectivity index (χ1v) is 16.9. The van der Waals surface area contributed by atoms with Crippen LogP contribution in [-0.4, -0.2) is 66.4 Å². The minimum Gasteiger partial charge on any atom is -0.490 e. The standard InChI is InChI=1S/C35H35Cl3F3N3O5/c36-27-11-4-21(18-43-31(46)17-35(39,40)41)16-23(27)19-44(24-7-8-24)34(47)32-26(12-13-42-30(32)20-45)22-5-9-25(10-6-22)48-14-15-49-33-28(37)2-1-3-29(33)38/h1-6,9-11,16,24,30,42,45H,7-8,12-15,17-20H2,(H,43,46). The Morgan fingerprint density at radius 1 is 0.959 bits per heavy atom. The molecule has 0 bridgehead atoms. The van der Waals surface area contributed by atoms with Crippen molar-refractivity contribution in [3.63, 3.8) is 0 Å². The third-order valence-electron chi connectivity index (χ3n) is 8.12. The van der Waals surface area contributed by atoms with E-state index in [9.17, 15) is 27.9 Å². The van der Waals surface area contributed by atoms with Gasteiger partial charge in [0.05, 0.1) is 22.7 Å². The van der Waals surface area contributed by atoms with Crippen molar-refractivity contribution in [1.82, 2.24) is 15.5 Å². The third kappa shape index (κ3) is 10.0. The molecule has 1 heterocycles. The van der Waals surface area contributed by atoms with Gasteiger partial charge in [-0.25, -0.2) is 0 Å². The van der Waals surface area contributed by atoms with E-state index in [2.05, 4.69) is 10.6 Å². The Bertz CT molecular complexity index is 1660. The Balaban J connectivity index is 1.30. The molecule has 8 nitrogen and oxygen atoms in total. The molecule has 3 aromatic carbocycles. The van der Waals surface area contributed by atoms with Crippen LogP contribution in [0.2, 0.25) is 15.1 Å². The van der Waals surface area contributed by atoms with E-state index >= 15 is 0 Å². The summed E-state index contributed by atoms with van der Waals surface area (Å²) in [5, 5.41) is 17.0. The van der Waals surface area contributed by atoms with Crippen molar-refractivity contribution in [3.8, 4) is 11.5 Å². The third-order valence-corrected chi connectivity index (χ3v) is 9.09. The SMILES string of the molecule is O=C(CC(F)(F)F)NCc1ccc(Cl)c(CN(C(=O)C2=C(c3ccc(OCCOc4c(Cl)cccc4Cl)cc3)CCNC2CO)C2CC2)c1. The summed E-state index contributed by atoms with van der Waals surface area (Å²) in [6.07, 6.45) is -4.02. The number of hydrogen-bond donors (Lipinski definition) is 3. The Labute approximate surface area is 297 Å². The summed E-state index contributed by atoms with van der Waals surface area (Å²) in [6.45, 7) is 0.766. The van der Waals surface area contributed by atoms with E-state index < -0.39 is 24.5 Å². The molecule has 0 saturated heterocycles. The topological polar surface area (TPSA) is 100 Å². The van der Waals surface area contributed by atoms with Gasteiger partial charge in [-0.3, -0.25) is 9.59 Å². The number of amides is 2. The van der Waals surface area contributed by atoms with Crippen LogP contribution in [0.25, 0.3) is 5.57 Å². The normalized spacial score (nSPS) is 16.3. The molecule has 3 aromatic rings. The summed E-state index contributed by atoms with van der Waals surface area (Å²) < 4.78 is 49.3. The molecule has 0 radical (unpaired) electrons. The highest BCUT2D eigenvalue weighted by Gasteiger charge is 2.38. The first kappa shape index (κ1) is 36.8. The number of aliphatic hydroxyl groups excluding tert-OH is 1. The molecule has 14 heteroatoms. The molecule has 49 heavy (non-hydrogen) atoms. The van der Waals surface area contributed by atoms with Gasteiger partial charge in [-0.15, -0.1) is 0 Å². The molecule has 1 aliphatic heterocycles. The molecule has 1 fully saturated rings. The Morgan fingerprint density at radius 2 is 1.65 bits per heavy atom. The number of hydrogen-bond acceptors (Lipinski definition) is 6. The van der Waals surface area contributed by atoms with Crippen LogP contribution >= 0.6 is 34.8 Å². The first-order chi connectivity index (χ1) is 23.4. The van der Waals surface area contributed by atoms with Gasteiger partial charge in [-0.05, 0) is 78.4 Å². The van der Waals surface area contributed by atoms with Gasteiger partial charge in [-0.2, -0.15) is 13.2 Å². The van der Waals surface area contributed by atoms with Crippen molar-refractivity contribution in [2.24, 2.45) is 0 Å². The number of alkyl halides is 3. The Kier molecular flexibility index (Phi) is 12.4. The molecular formula is C35H35Cl3F3N3O5. The van der Waals surface area contributed by atoms with Gasteiger partial charge >= 0.3 is 6.18 Å². The van der Waals surface area contributed by atoms with E-state index in [1.165, 1.54) is 0 Å². The number of aliphatic hydroxyl groups is 1. The number of ether oxygens (including phenoxy) is 2. The van der Waals surface area contributed by atoms with Crippen molar-refractivity contribution in [2.45, 2.75) is 57.0 Å². The van der Waals surface area contributed by atoms with Crippen molar-refractivity contribution >= 4 is 52.2 Å². The van der Waals surface area contributed by atoms with E-state index in [0.29, 0.717) is 56.2 Å². The number of carbonyl (C=O) groups is 2. The fourth-order valence-corrected chi connectivity index (χ4v) is 6.31. The number of para-hydroxylation sites is 1. The average molecular weight is 741 g/mol. The molecule has 3 N–H and O–H groups in total. The second kappa shape index (κ2) is 16.5. The van der Waals surface area contributed by atoms with E-state index in [1.54, 1.807) is 53.4 Å². The van der Waals surface area contributed by atoms with Crippen LogP contribution in [0.1, 0.15) is 42.4 Å². The summed E-state index contributed by atoms with van der Waals surface area (Å²) in [6, 6.07) is 16.7. The molecule has 262 valence electrons. The lowest BCUT2D eigenvalue weighted by Crippen LogP contribution is -2.46.